The van der Waals surface area contributed by atoms with Crippen LogP contribution in [0.3, 0.4) is 0 Å². The van der Waals surface area contributed by atoms with Gasteiger partial charge in [0.15, 0.2) is 0 Å². The SMILES string of the molecule is CC(C)OCCCCNC(=O)c1ccc(I)c(Cl)c1. The fraction of sp³-hybridized carbons (Fsp3) is 0.500. The van der Waals surface area contributed by atoms with Gasteiger partial charge in [-0.25, -0.2) is 0 Å². The number of amides is 1. The molecule has 0 atom stereocenters. The van der Waals surface area contributed by atoms with E-state index in [9.17, 15) is 4.79 Å². The number of hydrogen-bond acceptors (Lipinski definition) is 2. The molecule has 0 saturated heterocycles. The Morgan fingerprint density at radius 2 is 2.16 bits per heavy atom. The van der Waals surface area contributed by atoms with Gasteiger partial charge in [-0.05, 0) is 67.5 Å². The molecule has 1 rings (SSSR count). The maximum Gasteiger partial charge on any atom is 0.251 e. The van der Waals surface area contributed by atoms with Crippen LogP contribution in [-0.4, -0.2) is 25.2 Å². The van der Waals surface area contributed by atoms with Crippen molar-refractivity contribution in [3.05, 3.63) is 32.4 Å². The zero-order chi connectivity index (χ0) is 14.3. The topological polar surface area (TPSA) is 38.3 Å². The monoisotopic (exact) mass is 395 g/mol. The van der Waals surface area contributed by atoms with E-state index >= 15 is 0 Å². The highest BCUT2D eigenvalue weighted by Crippen LogP contribution is 2.19. The lowest BCUT2D eigenvalue weighted by atomic mass is 10.2. The Bertz CT molecular complexity index is 424. The van der Waals surface area contributed by atoms with Gasteiger partial charge in [-0.15, -0.1) is 0 Å². The number of hydrogen-bond donors (Lipinski definition) is 1. The zero-order valence-electron chi connectivity index (χ0n) is 11.2. The minimum atomic E-state index is -0.0805. The van der Waals surface area contributed by atoms with Crippen molar-refractivity contribution in [3.8, 4) is 0 Å². The van der Waals surface area contributed by atoms with E-state index in [1.54, 1.807) is 12.1 Å². The van der Waals surface area contributed by atoms with Crippen molar-refractivity contribution in [1.82, 2.24) is 5.32 Å². The van der Waals surface area contributed by atoms with Gasteiger partial charge in [0.05, 0.1) is 11.1 Å². The van der Waals surface area contributed by atoms with E-state index in [-0.39, 0.29) is 12.0 Å². The molecule has 106 valence electrons. The number of ether oxygens (including phenoxy) is 1. The van der Waals surface area contributed by atoms with Gasteiger partial charge >= 0.3 is 0 Å². The molecule has 3 nitrogen and oxygen atoms in total. The van der Waals surface area contributed by atoms with E-state index in [0.29, 0.717) is 17.1 Å². The van der Waals surface area contributed by atoms with Crippen LogP contribution in [0, 0.1) is 3.57 Å². The number of benzene rings is 1. The third-order valence-electron chi connectivity index (χ3n) is 2.49. The van der Waals surface area contributed by atoms with E-state index in [1.165, 1.54) is 0 Å². The molecule has 0 fully saturated rings. The highest BCUT2D eigenvalue weighted by molar-refractivity contribution is 14.1. The quantitative estimate of drug-likeness (QED) is 0.562. The van der Waals surface area contributed by atoms with Crippen LogP contribution in [0.1, 0.15) is 37.0 Å². The molecule has 1 amide bonds. The molecular weight excluding hydrogens is 377 g/mol. The normalized spacial score (nSPS) is 10.8. The van der Waals surface area contributed by atoms with Gasteiger partial charge in [0.1, 0.15) is 0 Å². The van der Waals surface area contributed by atoms with Gasteiger partial charge in [0.2, 0.25) is 0 Å². The summed E-state index contributed by atoms with van der Waals surface area (Å²) < 4.78 is 6.38. The molecule has 0 unspecified atom stereocenters. The molecule has 0 bridgehead atoms. The Kier molecular flexibility index (Phi) is 7.71. The Hall–Kier alpha value is -0.330. The first kappa shape index (κ1) is 16.7. The summed E-state index contributed by atoms with van der Waals surface area (Å²) in [5, 5.41) is 3.49. The Balaban J connectivity index is 2.26. The van der Waals surface area contributed by atoms with Crippen molar-refractivity contribution in [2.75, 3.05) is 13.2 Å². The molecule has 1 N–H and O–H groups in total. The Labute approximate surface area is 133 Å². The molecule has 0 aromatic heterocycles. The Morgan fingerprint density at radius 1 is 1.42 bits per heavy atom. The van der Waals surface area contributed by atoms with Crippen molar-refractivity contribution in [3.63, 3.8) is 0 Å². The summed E-state index contributed by atoms with van der Waals surface area (Å²) in [7, 11) is 0. The molecule has 1 aromatic rings. The summed E-state index contributed by atoms with van der Waals surface area (Å²) in [5.41, 5.74) is 0.601. The average molecular weight is 396 g/mol. The summed E-state index contributed by atoms with van der Waals surface area (Å²) >= 11 is 8.12. The minimum Gasteiger partial charge on any atom is -0.379 e. The first-order chi connectivity index (χ1) is 9.00. The van der Waals surface area contributed by atoms with Crippen LogP contribution < -0.4 is 5.32 Å². The molecule has 19 heavy (non-hydrogen) atoms. The highest BCUT2D eigenvalue weighted by atomic mass is 127. The predicted octanol–water partition coefficient (Wildman–Crippen LogP) is 3.88. The lowest BCUT2D eigenvalue weighted by Gasteiger charge is -2.08. The largest absolute Gasteiger partial charge is 0.379 e. The zero-order valence-corrected chi connectivity index (χ0v) is 14.1. The van der Waals surface area contributed by atoms with Crippen LogP contribution >= 0.6 is 34.2 Å². The number of rotatable bonds is 7. The number of halogens is 2. The molecule has 0 spiro atoms. The van der Waals surface area contributed by atoms with Crippen molar-refractivity contribution in [2.45, 2.75) is 32.8 Å². The third kappa shape index (κ3) is 6.58. The summed E-state index contributed by atoms with van der Waals surface area (Å²) in [5.74, 6) is -0.0805. The van der Waals surface area contributed by atoms with Crippen molar-refractivity contribution in [2.24, 2.45) is 0 Å². The molecule has 5 heteroatoms. The summed E-state index contributed by atoms with van der Waals surface area (Å²) in [6, 6.07) is 5.32. The van der Waals surface area contributed by atoms with E-state index < -0.39 is 0 Å². The average Bonchev–Trinajstić information content (AvgIpc) is 2.36. The number of carbonyl (C=O) groups is 1. The smallest absolute Gasteiger partial charge is 0.251 e. The fourth-order valence-electron chi connectivity index (χ4n) is 1.49. The molecule has 0 radical (unpaired) electrons. The van der Waals surface area contributed by atoms with Crippen molar-refractivity contribution in [1.29, 1.82) is 0 Å². The van der Waals surface area contributed by atoms with E-state index in [4.69, 9.17) is 16.3 Å². The van der Waals surface area contributed by atoms with E-state index in [2.05, 4.69) is 27.9 Å². The molecule has 0 aliphatic heterocycles. The number of nitrogens with one attached hydrogen (secondary N) is 1. The molecule has 0 aliphatic rings. The second-order valence-electron chi connectivity index (χ2n) is 4.51. The van der Waals surface area contributed by atoms with Gasteiger partial charge in [-0.1, -0.05) is 11.6 Å². The lowest BCUT2D eigenvalue weighted by Crippen LogP contribution is -2.24. The first-order valence-electron chi connectivity index (χ1n) is 6.35. The number of carbonyl (C=O) groups excluding carboxylic acids is 1. The summed E-state index contributed by atoms with van der Waals surface area (Å²) in [6.07, 6.45) is 2.13. The van der Waals surface area contributed by atoms with Crippen LogP contribution in [0.4, 0.5) is 0 Å². The second kappa shape index (κ2) is 8.76. The molecular formula is C14H19ClINO2. The van der Waals surface area contributed by atoms with Crippen LogP contribution in [0.2, 0.25) is 5.02 Å². The standard InChI is InChI=1S/C14H19ClINO2/c1-10(2)19-8-4-3-7-17-14(18)11-5-6-13(16)12(15)9-11/h5-6,9-10H,3-4,7-8H2,1-2H3,(H,17,18). The van der Waals surface area contributed by atoms with Crippen LogP contribution in [0.15, 0.2) is 18.2 Å². The maximum atomic E-state index is 11.8. The molecule has 0 aliphatic carbocycles. The van der Waals surface area contributed by atoms with Gasteiger partial charge in [-0.2, -0.15) is 0 Å². The first-order valence-corrected chi connectivity index (χ1v) is 7.81. The highest BCUT2D eigenvalue weighted by Gasteiger charge is 2.06. The number of unbranched alkanes of at least 4 members (excludes halogenated alkanes) is 1. The van der Waals surface area contributed by atoms with Crippen molar-refractivity contribution >= 4 is 40.1 Å². The Morgan fingerprint density at radius 3 is 2.79 bits per heavy atom. The van der Waals surface area contributed by atoms with Crippen LogP contribution in [0.25, 0.3) is 0 Å². The lowest BCUT2D eigenvalue weighted by molar-refractivity contribution is 0.0754. The van der Waals surface area contributed by atoms with Crippen LogP contribution in [0.5, 0.6) is 0 Å². The maximum absolute atomic E-state index is 11.8. The van der Waals surface area contributed by atoms with Crippen LogP contribution in [-0.2, 0) is 4.74 Å². The third-order valence-corrected chi connectivity index (χ3v) is 4.06. The second-order valence-corrected chi connectivity index (χ2v) is 6.08. The fourth-order valence-corrected chi connectivity index (χ4v) is 2.00. The van der Waals surface area contributed by atoms with Gasteiger partial charge in [-0.3, -0.25) is 4.79 Å². The summed E-state index contributed by atoms with van der Waals surface area (Å²) in [4.78, 5) is 11.8. The molecule has 1 aromatic carbocycles. The summed E-state index contributed by atoms with van der Waals surface area (Å²) in [6.45, 7) is 5.43. The van der Waals surface area contributed by atoms with E-state index in [0.717, 1.165) is 23.0 Å². The predicted molar refractivity (Wildman–Crippen MR) is 86.8 cm³/mol. The van der Waals surface area contributed by atoms with Gasteiger partial charge in [0, 0.05) is 22.3 Å². The molecule has 0 saturated carbocycles. The van der Waals surface area contributed by atoms with Crippen molar-refractivity contribution < 1.29 is 9.53 Å². The van der Waals surface area contributed by atoms with E-state index in [1.807, 2.05) is 19.9 Å². The molecule has 0 heterocycles. The van der Waals surface area contributed by atoms with Gasteiger partial charge < -0.3 is 10.1 Å². The van der Waals surface area contributed by atoms with Gasteiger partial charge in [0.25, 0.3) is 5.91 Å². The minimum absolute atomic E-state index is 0.0805.